The molecule has 0 bridgehead atoms. The molecule has 188 valence electrons. The molecule has 2 aromatic heterocycles. The van der Waals surface area contributed by atoms with Crippen LogP contribution in [-0.2, 0) is 25.7 Å². The lowest BCUT2D eigenvalue weighted by atomic mass is 10.1. The number of halogens is 4. The van der Waals surface area contributed by atoms with Crippen molar-refractivity contribution in [2.75, 3.05) is 0 Å². The molecule has 0 fully saturated rings. The molecule has 0 spiro atoms. The van der Waals surface area contributed by atoms with Gasteiger partial charge in [-0.05, 0) is 62.1 Å². The third kappa shape index (κ3) is 7.03. The van der Waals surface area contributed by atoms with Gasteiger partial charge in [-0.3, -0.25) is 4.68 Å². The van der Waals surface area contributed by atoms with Crippen LogP contribution in [0.1, 0.15) is 46.9 Å². The predicted molar refractivity (Wildman–Crippen MR) is 125 cm³/mol. The second-order valence-electron chi connectivity index (χ2n) is 8.19. The molecule has 0 saturated carbocycles. The molecule has 0 N–H and O–H groups in total. The van der Waals surface area contributed by atoms with E-state index in [0.717, 1.165) is 43.8 Å². The summed E-state index contributed by atoms with van der Waals surface area (Å²) in [6.07, 6.45) is 4.24. The molecule has 6 nitrogen and oxygen atoms in total. The van der Waals surface area contributed by atoms with Crippen molar-refractivity contribution < 1.29 is 26.7 Å². The zero-order valence-electron chi connectivity index (χ0n) is 19.5. The van der Waals surface area contributed by atoms with Gasteiger partial charge in [-0.15, -0.1) is 0 Å². The van der Waals surface area contributed by atoms with E-state index in [1.807, 2.05) is 35.9 Å². The zero-order valence-corrected chi connectivity index (χ0v) is 19.5. The molecule has 0 saturated heterocycles. The van der Waals surface area contributed by atoms with Crippen LogP contribution < -0.4 is 4.74 Å². The summed E-state index contributed by atoms with van der Waals surface area (Å²) in [6.45, 7) is 2.88. The van der Waals surface area contributed by atoms with Gasteiger partial charge >= 0.3 is 6.18 Å². The Bertz CT molecular complexity index is 1310. The van der Waals surface area contributed by atoms with Gasteiger partial charge in [0, 0.05) is 18.2 Å². The molecule has 4 rings (SSSR count). The molecule has 0 aliphatic rings. The Labute approximate surface area is 205 Å². The van der Waals surface area contributed by atoms with E-state index >= 15 is 0 Å². The van der Waals surface area contributed by atoms with E-state index in [2.05, 4.69) is 15.1 Å². The first kappa shape index (κ1) is 25.2. The number of nitrogens with zero attached hydrogens (tertiary/aromatic N) is 4. The number of oxazole rings is 1. The van der Waals surface area contributed by atoms with Gasteiger partial charge in [-0.25, -0.2) is 14.4 Å². The summed E-state index contributed by atoms with van der Waals surface area (Å²) in [5.41, 5.74) is 0.683. The summed E-state index contributed by atoms with van der Waals surface area (Å²) in [4.78, 5) is 8.35. The molecule has 4 aromatic rings. The van der Waals surface area contributed by atoms with Crippen LogP contribution in [0.15, 0.2) is 59.5 Å². The van der Waals surface area contributed by atoms with Gasteiger partial charge in [-0.2, -0.15) is 18.3 Å². The Kier molecular flexibility index (Phi) is 7.82. The van der Waals surface area contributed by atoms with Gasteiger partial charge in [0.2, 0.25) is 5.89 Å². The summed E-state index contributed by atoms with van der Waals surface area (Å²) in [6, 6.07) is 10.2. The molecule has 0 aliphatic carbocycles. The van der Waals surface area contributed by atoms with Gasteiger partial charge < -0.3 is 9.15 Å². The predicted octanol–water partition coefficient (Wildman–Crippen LogP) is 6.50. The minimum absolute atomic E-state index is 0.00687. The van der Waals surface area contributed by atoms with Gasteiger partial charge in [0.05, 0.1) is 5.56 Å². The van der Waals surface area contributed by atoms with Gasteiger partial charge in [0.15, 0.2) is 0 Å². The van der Waals surface area contributed by atoms with Crippen LogP contribution in [-0.4, -0.2) is 19.7 Å². The van der Waals surface area contributed by atoms with Crippen LogP contribution in [0.3, 0.4) is 0 Å². The minimum atomic E-state index is -4.60. The van der Waals surface area contributed by atoms with Gasteiger partial charge in [0.25, 0.3) is 0 Å². The van der Waals surface area contributed by atoms with Crippen molar-refractivity contribution in [2.24, 2.45) is 0 Å². The van der Waals surface area contributed by atoms with E-state index in [0.29, 0.717) is 17.5 Å². The lowest BCUT2D eigenvalue weighted by Crippen LogP contribution is -2.05. The quantitative estimate of drug-likeness (QED) is 0.184. The molecular formula is C26H24F4N4O2. The third-order valence-corrected chi connectivity index (χ3v) is 5.37. The highest BCUT2D eigenvalue weighted by molar-refractivity contribution is 5.66. The molecule has 0 unspecified atom stereocenters. The van der Waals surface area contributed by atoms with Crippen molar-refractivity contribution >= 4 is 12.2 Å². The number of hydrogen-bond acceptors (Lipinski definition) is 5. The number of benzene rings is 2. The zero-order chi connectivity index (χ0) is 25.5. The maximum Gasteiger partial charge on any atom is 0.416 e. The van der Waals surface area contributed by atoms with E-state index in [1.54, 1.807) is 6.33 Å². The monoisotopic (exact) mass is 500 g/mol. The van der Waals surface area contributed by atoms with Crippen LogP contribution in [0, 0.1) is 12.7 Å². The highest BCUT2D eigenvalue weighted by Crippen LogP contribution is 2.30. The number of unbranched alkanes of at least 4 members (excludes halogenated alkanes) is 1. The summed E-state index contributed by atoms with van der Waals surface area (Å²) in [5.74, 6) is 0.662. The molecule has 10 heteroatoms. The van der Waals surface area contributed by atoms with Crippen LogP contribution in [0.2, 0.25) is 0 Å². The fraction of sp³-hybridized carbons (Fsp3) is 0.269. The Morgan fingerprint density at radius 1 is 1.06 bits per heavy atom. The van der Waals surface area contributed by atoms with E-state index in [-0.39, 0.29) is 18.1 Å². The van der Waals surface area contributed by atoms with E-state index in [4.69, 9.17) is 9.15 Å². The lowest BCUT2D eigenvalue weighted by molar-refractivity contribution is -0.137. The standard InChI is InChI=1S/C26H24F4N4O2/c1-18-31-17-34(33-18)13-3-2-4-19-5-10-23(11-6-19)35-15-22-16-36-25(32-22)12-8-20-7-9-21(14-24(20)27)26(28,29)30/h5-12,14,16-17H,2-4,13,15H2,1H3. The molecule has 2 aromatic carbocycles. The van der Waals surface area contributed by atoms with Crippen LogP contribution in [0.5, 0.6) is 5.75 Å². The summed E-state index contributed by atoms with van der Waals surface area (Å²) in [7, 11) is 0. The molecule has 0 amide bonds. The summed E-state index contributed by atoms with van der Waals surface area (Å²) >= 11 is 0. The number of rotatable bonds is 10. The van der Waals surface area contributed by atoms with Crippen molar-refractivity contribution in [3.8, 4) is 5.75 Å². The molecule has 2 heterocycles. The number of alkyl halides is 3. The van der Waals surface area contributed by atoms with Crippen LogP contribution in [0.4, 0.5) is 17.6 Å². The SMILES string of the molecule is Cc1ncn(CCCCc2ccc(OCc3coc(C=Cc4ccc(C(F)(F)F)cc4F)n3)cc2)n1. The number of hydrogen-bond donors (Lipinski definition) is 0. The molecule has 0 atom stereocenters. The van der Waals surface area contributed by atoms with Crippen molar-refractivity contribution in [3.63, 3.8) is 0 Å². The Morgan fingerprint density at radius 3 is 2.56 bits per heavy atom. The van der Waals surface area contributed by atoms with E-state index in [9.17, 15) is 17.6 Å². The topological polar surface area (TPSA) is 66.0 Å². The van der Waals surface area contributed by atoms with Crippen molar-refractivity contribution in [1.29, 1.82) is 0 Å². The van der Waals surface area contributed by atoms with Gasteiger partial charge in [0.1, 0.15) is 42.3 Å². The fourth-order valence-corrected chi connectivity index (χ4v) is 3.47. The Hall–Kier alpha value is -3.95. The van der Waals surface area contributed by atoms with Crippen LogP contribution in [0.25, 0.3) is 12.2 Å². The number of aromatic nitrogens is 4. The van der Waals surface area contributed by atoms with E-state index in [1.165, 1.54) is 24.0 Å². The van der Waals surface area contributed by atoms with E-state index < -0.39 is 17.6 Å². The first-order chi connectivity index (χ1) is 17.3. The van der Waals surface area contributed by atoms with Crippen molar-refractivity contribution in [2.45, 2.75) is 45.5 Å². The Morgan fingerprint density at radius 2 is 1.86 bits per heavy atom. The second-order valence-corrected chi connectivity index (χ2v) is 8.19. The maximum absolute atomic E-state index is 14.0. The lowest BCUT2D eigenvalue weighted by Gasteiger charge is -2.07. The van der Waals surface area contributed by atoms with Crippen molar-refractivity contribution in [3.05, 3.63) is 95.0 Å². The highest BCUT2D eigenvalue weighted by atomic mass is 19.4. The normalized spacial score (nSPS) is 11.9. The molecule has 36 heavy (non-hydrogen) atoms. The van der Waals surface area contributed by atoms with Crippen molar-refractivity contribution in [1.82, 2.24) is 19.7 Å². The first-order valence-electron chi connectivity index (χ1n) is 11.3. The third-order valence-electron chi connectivity index (χ3n) is 5.37. The summed E-state index contributed by atoms with van der Waals surface area (Å²) in [5, 5.41) is 4.28. The number of ether oxygens (including phenoxy) is 1. The molecule has 0 radical (unpaired) electrons. The smallest absolute Gasteiger partial charge is 0.416 e. The highest BCUT2D eigenvalue weighted by Gasteiger charge is 2.30. The second kappa shape index (κ2) is 11.2. The van der Waals surface area contributed by atoms with Gasteiger partial charge in [-0.1, -0.05) is 18.2 Å². The molecule has 0 aliphatic heterocycles. The fourth-order valence-electron chi connectivity index (χ4n) is 3.47. The first-order valence-corrected chi connectivity index (χ1v) is 11.3. The Balaban J connectivity index is 1.23. The average molecular weight is 500 g/mol. The maximum atomic E-state index is 14.0. The summed E-state index contributed by atoms with van der Waals surface area (Å²) < 4.78 is 64.8. The van der Waals surface area contributed by atoms with Crippen LogP contribution >= 0.6 is 0 Å². The minimum Gasteiger partial charge on any atom is -0.487 e. The largest absolute Gasteiger partial charge is 0.487 e. The average Bonchev–Trinajstić information content (AvgIpc) is 3.48. The molecular weight excluding hydrogens is 476 g/mol. The number of aryl methyl sites for hydroxylation is 3.